The van der Waals surface area contributed by atoms with Gasteiger partial charge in [-0.3, -0.25) is 0 Å². The molecule has 2 amide bonds. The predicted molar refractivity (Wildman–Crippen MR) is 90.1 cm³/mol. The Balaban J connectivity index is 1.36. The Morgan fingerprint density at radius 2 is 2.00 bits per heavy atom. The first-order chi connectivity index (χ1) is 11.8. The first kappa shape index (κ1) is 14.9. The number of amides is 2. The highest BCUT2D eigenvalue weighted by Crippen LogP contribution is 2.32. The summed E-state index contributed by atoms with van der Waals surface area (Å²) < 4.78 is 10.6. The Morgan fingerprint density at radius 3 is 2.96 bits per heavy atom. The highest BCUT2D eigenvalue weighted by molar-refractivity contribution is 5.74. The lowest BCUT2D eigenvalue weighted by Crippen LogP contribution is -2.38. The molecule has 2 aromatic rings. The SMILES string of the molecule is O=C(NCc1ccc2c(c1)OCO2)NC1CCCc2ccccc21. The van der Waals surface area contributed by atoms with E-state index in [2.05, 4.69) is 28.8 Å². The Hall–Kier alpha value is -2.69. The van der Waals surface area contributed by atoms with Crippen LogP contribution in [0.25, 0.3) is 0 Å². The van der Waals surface area contributed by atoms with Gasteiger partial charge in [0.1, 0.15) is 0 Å². The van der Waals surface area contributed by atoms with E-state index in [1.807, 2.05) is 24.3 Å². The van der Waals surface area contributed by atoms with E-state index in [-0.39, 0.29) is 18.9 Å². The van der Waals surface area contributed by atoms with E-state index in [4.69, 9.17) is 9.47 Å². The van der Waals surface area contributed by atoms with Crippen molar-refractivity contribution >= 4 is 6.03 Å². The molecule has 0 saturated carbocycles. The lowest BCUT2D eigenvalue weighted by atomic mass is 9.88. The standard InChI is InChI=1S/C19H20N2O3/c22-19(20-11-13-8-9-17-18(10-13)24-12-23-17)21-16-7-3-5-14-4-1-2-6-15(14)16/h1-2,4,6,8-10,16H,3,5,7,11-12H2,(H2,20,21,22). The van der Waals surface area contributed by atoms with Crippen LogP contribution in [0.1, 0.15) is 35.6 Å². The van der Waals surface area contributed by atoms with Crippen molar-refractivity contribution < 1.29 is 14.3 Å². The maximum Gasteiger partial charge on any atom is 0.315 e. The molecule has 1 aliphatic carbocycles. The van der Waals surface area contributed by atoms with Gasteiger partial charge in [-0.05, 0) is 48.1 Å². The zero-order valence-corrected chi connectivity index (χ0v) is 13.4. The van der Waals surface area contributed by atoms with Crippen molar-refractivity contribution in [2.24, 2.45) is 0 Å². The van der Waals surface area contributed by atoms with Crippen LogP contribution < -0.4 is 20.1 Å². The summed E-state index contributed by atoms with van der Waals surface area (Å²) in [5.41, 5.74) is 3.56. The third kappa shape index (κ3) is 3.02. The summed E-state index contributed by atoms with van der Waals surface area (Å²) in [6, 6.07) is 14.0. The summed E-state index contributed by atoms with van der Waals surface area (Å²) in [6.45, 7) is 0.713. The van der Waals surface area contributed by atoms with E-state index in [9.17, 15) is 4.79 Å². The Morgan fingerprint density at radius 1 is 1.12 bits per heavy atom. The quantitative estimate of drug-likeness (QED) is 0.911. The first-order valence-electron chi connectivity index (χ1n) is 8.30. The third-order valence-electron chi connectivity index (χ3n) is 4.56. The molecule has 2 aliphatic rings. The van der Waals surface area contributed by atoms with E-state index in [0.29, 0.717) is 6.54 Å². The molecule has 1 unspecified atom stereocenters. The van der Waals surface area contributed by atoms with Crippen LogP contribution in [0.3, 0.4) is 0 Å². The number of nitrogens with one attached hydrogen (secondary N) is 2. The van der Waals surface area contributed by atoms with Gasteiger partial charge in [-0.2, -0.15) is 0 Å². The minimum absolute atomic E-state index is 0.0895. The third-order valence-corrected chi connectivity index (χ3v) is 4.56. The molecule has 0 radical (unpaired) electrons. The molecule has 5 heteroatoms. The highest BCUT2D eigenvalue weighted by atomic mass is 16.7. The Labute approximate surface area is 141 Å². The maximum atomic E-state index is 12.2. The van der Waals surface area contributed by atoms with Crippen LogP contribution in [-0.2, 0) is 13.0 Å². The van der Waals surface area contributed by atoms with Crippen molar-refractivity contribution in [1.29, 1.82) is 0 Å². The van der Waals surface area contributed by atoms with Gasteiger partial charge in [-0.1, -0.05) is 30.3 Å². The highest BCUT2D eigenvalue weighted by Gasteiger charge is 2.21. The summed E-state index contributed by atoms with van der Waals surface area (Å²) in [7, 11) is 0. The number of hydrogen-bond donors (Lipinski definition) is 2. The van der Waals surface area contributed by atoms with Crippen molar-refractivity contribution in [3.63, 3.8) is 0 Å². The maximum absolute atomic E-state index is 12.2. The number of carbonyl (C=O) groups is 1. The summed E-state index contributed by atoms with van der Waals surface area (Å²) in [5.74, 6) is 1.48. The van der Waals surface area contributed by atoms with Gasteiger partial charge in [-0.15, -0.1) is 0 Å². The van der Waals surface area contributed by atoms with E-state index in [1.165, 1.54) is 11.1 Å². The molecule has 2 N–H and O–H groups in total. The van der Waals surface area contributed by atoms with E-state index >= 15 is 0 Å². The smallest absolute Gasteiger partial charge is 0.315 e. The molecule has 1 aliphatic heterocycles. The number of ether oxygens (including phenoxy) is 2. The van der Waals surface area contributed by atoms with Gasteiger partial charge < -0.3 is 20.1 Å². The molecule has 1 atom stereocenters. The van der Waals surface area contributed by atoms with Gasteiger partial charge in [-0.25, -0.2) is 4.79 Å². The summed E-state index contributed by atoms with van der Waals surface area (Å²) >= 11 is 0. The largest absolute Gasteiger partial charge is 0.454 e. The zero-order chi connectivity index (χ0) is 16.4. The van der Waals surface area contributed by atoms with Crippen molar-refractivity contribution in [3.05, 3.63) is 59.2 Å². The van der Waals surface area contributed by atoms with Gasteiger partial charge in [0.2, 0.25) is 6.79 Å². The number of fused-ring (bicyclic) bond motifs is 2. The van der Waals surface area contributed by atoms with Crippen LogP contribution in [0.4, 0.5) is 4.79 Å². The molecule has 0 spiro atoms. The number of carbonyl (C=O) groups excluding carboxylic acids is 1. The Kier molecular flexibility index (Phi) is 3.99. The van der Waals surface area contributed by atoms with Gasteiger partial charge >= 0.3 is 6.03 Å². The molecule has 0 bridgehead atoms. The number of urea groups is 1. The van der Waals surface area contributed by atoms with Crippen LogP contribution >= 0.6 is 0 Å². The van der Waals surface area contributed by atoms with E-state index in [0.717, 1.165) is 36.3 Å². The average molecular weight is 324 g/mol. The monoisotopic (exact) mass is 324 g/mol. The van der Waals surface area contributed by atoms with Gasteiger partial charge in [0, 0.05) is 6.54 Å². The molecule has 124 valence electrons. The molecule has 0 aromatic heterocycles. The average Bonchev–Trinajstić information content (AvgIpc) is 3.08. The molecule has 4 rings (SSSR count). The van der Waals surface area contributed by atoms with Crippen LogP contribution in [-0.4, -0.2) is 12.8 Å². The molecule has 2 aromatic carbocycles. The lowest BCUT2D eigenvalue weighted by Gasteiger charge is -2.26. The van der Waals surface area contributed by atoms with E-state index in [1.54, 1.807) is 0 Å². The molecule has 0 saturated heterocycles. The second-order valence-electron chi connectivity index (χ2n) is 6.16. The molecule has 0 fully saturated rings. The van der Waals surface area contributed by atoms with Crippen molar-refractivity contribution in [2.45, 2.75) is 31.8 Å². The first-order valence-corrected chi connectivity index (χ1v) is 8.30. The van der Waals surface area contributed by atoms with Crippen LogP contribution in [0.15, 0.2) is 42.5 Å². The fourth-order valence-electron chi connectivity index (χ4n) is 3.35. The fourth-order valence-corrected chi connectivity index (χ4v) is 3.35. The molecule has 1 heterocycles. The van der Waals surface area contributed by atoms with Gasteiger partial charge in [0.15, 0.2) is 11.5 Å². The number of rotatable bonds is 3. The molecular weight excluding hydrogens is 304 g/mol. The number of aryl methyl sites for hydroxylation is 1. The van der Waals surface area contributed by atoms with E-state index < -0.39 is 0 Å². The zero-order valence-electron chi connectivity index (χ0n) is 13.4. The molecule has 5 nitrogen and oxygen atoms in total. The van der Waals surface area contributed by atoms with Crippen LogP contribution in [0, 0.1) is 0 Å². The van der Waals surface area contributed by atoms with Crippen LogP contribution in [0.5, 0.6) is 11.5 Å². The second-order valence-corrected chi connectivity index (χ2v) is 6.16. The normalized spacial score (nSPS) is 17.9. The fraction of sp³-hybridized carbons (Fsp3) is 0.316. The topological polar surface area (TPSA) is 59.6 Å². The van der Waals surface area contributed by atoms with Gasteiger partial charge in [0.05, 0.1) is 6.04 Å². The number of hydrogen-bond acceptors (Lipinski definition) is 3. The predicted octanol–water partition coefficient (Wildman–Crippen LogP) is 3.29. The van der Waals surface area contributed by atoms with Crippen molar-refractivity contribution in [1.82, 2.24) is 10.6 Å². The summed E-state index contributed by atoms with van der Waals surface area (Å²) in [4.78, 5) is 12.2. The number of benzene rings is 2. The van der Waals surface area contributed by atoms with Crippen molar-refractivity contribution in [2.75, 3.05) is 6.79 Å². The Bertz CT molecular complexity index is 760. The molecular formula is C19H20N2O3. The minimum Gasteiger partial charge on any atom is -0.454 e. The summed E-state index contributed by atoms with van der Waals surface area (Å²) in [6.07, 6.45) is 3.17. The lowest BCUT2D eigenvalue weighted by molar-refractivity contribution is 0.174. The van der Waals surface area contributed by atoms with Gasteiger partial charge in [0.25, 0.3) is 0 Å². The van der Waals surface area contributed by atoms with Crippen LogP contribution in [0.2, 0.25) is 0 Å². The second kappa shape index (κ2) is 6.43. The van der Waals surface area contributed by atoms with Crippen molar-refractivity contribution in [3.8, 4) is 11.5 Å². The molecule has 24 heavy (non-hydrogen) atoms. The summed E-state index contributed by atoms with van der Waals surface area (Å²) in [5, 5.41) is 6.01. The minimum atomic E-state index is -0.144.